The summed E-state index contributed by atoms with van der Waals surface area (Å²) in [7, 11) is 0. The summed E-state index contributed by atoms with van der Waals surface area (Å²) < 4.78 is 5.71. The largest absolute Gasteiger partial charge is 0.493 e. The van der Waals surface area contributed by atoms with Crippen molar-refractivity contribution in [3.63, 3.8) is 0 Å². The fourth-order valence-corrected chi connectivity index (χ4v) is 3.77. The van der Waals surface area contributed by atoms with Crippen molar-refractivity contribution >= 4 is 11.9 Å². The highest BCUT2D eigenvalue weighted by atomic mass is 16.5. The number of rotatable bonds is 7. The van der Waals surface area contributed by atoms with E-state index >= 15 is 0 Å². The van der Waals surface area contributed by atoms with Crippen LogP contribution in [0.4, 0.5) is 0 Å². The molecule has 3 rings (SSSR count). The fourth-order valence-electron chi connectivity index (χ4n) is 3.77. The van der Waals surface area contributed by atoms with Crippen LogP contribution < -0.4 is 4.74 Å². The van der Waals surface area contributed by atoms with E-state index < -0.39 is 22.8 Å². The van der Waals surface area contributed by atoms with E-state index in [-0.39, 0.29) is 19.5 Å². The molecule has 1 saturated heterocycles. The molecule has 0 aromatic heterocycles. The van der Waals surface area contributed by atoms with Crippen LogP contribution in [0.1, 0.15) is 25.8 Å². The van der Waals surface area contributed by atoms with Gasteiger partial charge in [-0.1, -0.05) is 26.0 Å². The molecule has 2 N–H and O–H groups in total. The molecule has 1 saturated carbocycles. The Bertz CT molecular complexity index is 645. The summed E-state index contributed by atoms with van der Waals surface area (Å²) in [5.74, 6) is -0.778. The third-order valence-electron chi connectivity index (χ3n) is 5.09. The Morgan fingerprint density at radius 2 is 1.83 bits per heavy atom. The highest BCUT2D eigenvalue weighted by Crippen LogP contribution is 2.68. The third kappa shape index (κ3) is 2.65. The molecule has 1 aromatic carbocycles. The Balaban J connectivity index is 1.69. The maximum Gasteiger partial charge on any atom is 0.312 e. The Labute approximate surface area is 141 Å². The van der Waals surface area contributed by atoms with Gasteiger partial charge in [0.2, 0.25) is 0 Å². The molecule has 1 aromatic rings. The number of carbonyl (C=O) groups is 2. The summed E-state index contributed by atoms with van der Waals surface area (Å²) in [6.07, 6.45) is 0.235. The summed E-state index contributed by atoms with van der Waals surface area (Å²) in [4.78, 5) is 25.1. The van der Waals surface area contributed by atoms with Gasteiger partial charge in [-0.15, -0.1) is 0 Å². The number of likely N-dealkylation sites (tertiary alicyclic amines) is 1. The molecule has 0 unspecified atom stereocenters. The molecule has 2 fully saturated rings. The topological polar surface area (TPSA) is 87.1 Å². The van der Waals surface area contributed by atoms with E-state index in [9.17, 15) is 19.8 Å². The number of carboxylic acid groups (broad SMARTS) is 2. The van der Waals surface area contributed by atoms with Gasteiger partial charge in [-0.05, 0) is 30.0 Å². The van der Waals surface area contributed by atoms with Gasteiger partial charge in [-0.25, -0.2) is 0 Å². The van der Waals surface area contributed by atoms with Crippen molar-refractivity contribution in [3.8, 4) is 5.75 Å². The molecule has 0 spiro atoms. The third-order valence-corrected chi connectivity index (χ3v) is 5.09. The zero-order valence-electron chi connectivity index (χ0n) is 14.0. The molecule has 1 aliphatic heterocycles. The van der Waals surface area contributed by atoms with E-state index in [1.165, 1.54) is 0 Å². The SMILES string of the molecule is CC(C)COc1cccc(CN2C[C@@]3(C(=O)O)C[C@@]3(C(=O)O)C2)c1. The van der Waals surface area contributed by atoms with Gasteiger partial charge in [0.15, 0.2) is 0 Å². The van der Waals surface area contributed by atoms with Crippen molar-refractivity contribution in [2.24, 2.45) is 16.7 Å². The summed E-state index contributed by atoms with van der Waals surface area (Å²) in [6, 6.07) is 7.69. The minimum absolute atomic E-state index is 0.235. The molecular formula is C18H23NO5. The molecule has 130 valence electrons. The van der Waals surface area contributed by atoms with Crippen LogP contribution in [0.15, 0.2) is 24.3 Å². The molecule has 0 amide bonds. The minimum Gasteiger partial charge on any atom is -0.493 e. The summed E-state index contributed by atoms with van der Waals surface area (Å²) in [6.45, 7) is 5.89. The summed E-state index contributed by atoms with van der Waals surface area (Å²) in [5, 5.41) is 18.9. The van der Waals surface area contributed by atoms with E-state index in [0.717, 1.165) is 11.3 Å². The molecule has 24 heavy (non-hydrogen) atoms. The van der Waals surface area contributed by atoms with Gasteiger partial charge in [-0.2, -0.15) is 0 Å². The second kappa shape index (κ2) is 5.77. The van der Waals surface area contributed by atoms with Crippen LogP contribution in [0, 0.1) is 16.7 Å². The van der Waals surface area contributed by atoms with Gasteiger partial charge >= 0.3 is 11.9 Å². The van der Waals surface area contributed by atoms with Crippen LogP contribution in [-0.2, 0) is 16.1 Å². The predicted octanol–water partition coefficient (Wildman–Crippen LogP) is 2.08. The number of hydrogen-bond donors (Lipinski definition) is 2. The van der Waals surface area contributed by atoms with Gasteiger partial charge in [-0.3, -0.25) is 14.5 Å². The van der Waals surface area contributed by atoms with E-state index in [0.29, 0.717) is 19.1 Å². The lowest BCUT2D eigenvalue weighted by Gasteiger charge is -2.20. The van der Waals surface area contributed by atoms with Crippen LogP contribution >= 0.6 is 0 Å². The minimum atomic E-state index is -1.12. The van der Waals surface area contributed by atoms with Crippen molar-refractivity contribution in [1.82, 2.24) is 4.90 Å². The number of benzene rings is 1. The molecule has 6 heteroatoms. The van der Waals surface area contributed by atoms with E-state index in [4.69, 9.17) is 4.74 Å². The second-order valence-electron chi connectivity index (χ2n) is 7.45. The normalized spacial score (nSPS) is 28.6. The van der Waals surface area contributed by atoms with E-state index in [2.05, 4.69) is 13.8 Å². The molecule has 6 nitrogen and oxygen atoms in total. The summed E-state index contributed by atoms with van der Waals surface area (Å²) in [5.41, 5.74) is -1.24. The van der Waals surface area contributed by atoms with E-state index in [1.807, 2.05) is 29.2 Å². The fraction of sp³-hybridized carbons (Fsp3) is 0.556. The van der Waals surface area contributed by atoms with Crippen molar-refractivity contribution in [2.75, 3.05) is 19.7 Å². The average molecular weight is 333 g/mol. The number of nitrogens with zero attached hydrogens (tertiary/aromatic N) is 1. The lowest BCUT2D eigenvalue weighted by molar-refractivity contribution is -0.151. The molecule has 1 aliphatic carbocycles. The number of hydrogen-bond acceptors (Lipinski definition) is 4. The van der Waals surface area contributed by atoms with Gasteiger partial charge in [0.1, 0.15) is 5.75 Å². The van der Waals surface area contributed by atoms with Crippen LogP contribution in [-0.4, -0.2) is 46.7 Å². The van der Waals surface area contributed by atoms with Crippen molar-refractivity contribution in [3.05, 3.63) is 29.8 Å². The first-order valence-electron chi connectivity index (χ1n) is 8.20. The maximum atomic E-state index is 11.6. The number of ether oxygens (including phenoxy) is 1. The first-order chi connectivity index (χ1) is 11.3. The highest BCUT2D eigenvalue weighted by molar-refractivity contribution is 5.94. The van der Waals surface area contributed by atoms with Crippen molar-refractivity contribution < 1.29 is 24.5 Å². The molecule has 2 aliphatic rings. The first-order valence-corrected chi connectivity index (χ1v) is 8.20. The zero-order chi connectivity index (χ0) is 17.5. The van der Waals surface area contributed by atoms with Gasteiger partial charge < -0.3 is 14.9 Å². The lowest BCUT2D eigenvalue weighted by Crippen LogP contribution is -2.28. The number of fused-ring (bicyclic) bond motifs is 1. The second-order valence-corrected chi connectivity index (χ2v) is 7.45. The Morgan fingerprint density at radius 1 is 1.21 bits per heavy atom. The predicted molar refractivity (Wildman–Crippen MR) is 86.8 cm³/mol. The van der Waals surface area contributed by atoms with Crippen LogP contribution in [0.3, 0.4) is 0 Å². The maximum absolute atomic E-state index is 11.6. The lowest BCUT2D eigenvalue weighted by atomic mass is 9.97. The zero-order valence-corrected chi connectivity index (χ0v) is 14.0. The average Bonchev–Trinajstić information content (AvgIpc) is 3.05. The molecule has 2 atom stereocenters. The highest BCUT2D eigenvalue weighted by Gasteiger charge is 2.80. The standard InChI is InChI=1S/C18H23NO5/c1-12(2)8-24-14-5-3-4-13(6-14)7-19-10-17(15(20)21)9-18(17,11-19)16(22)23/h3-6,12H,7-11H2,1-2H3,(H,20,21)(H,22,23)/t17-,18+. The smallest absolute Gasteiger partial charge is 0.312 e. The Kier molecular flexibility index (Phi) is 4.03. The van der Waals surface area contributed by atoms with Crippen LogP contribution in [0.25, 0.3) is 0 Å². The van der Waals surface area contributed by atoms with Gasteiger partial charge in [0.05, 0.1) is 17.4 Å². The first kappa shape index (κ1) is 16.8. The monoisotopic (exact) mass is 333 g/mol. The number of piperidine rings is 1. The van der Waals surface area contributed by atoms with Crippen LogP contribution in [0.2, 0.25) is 0 Å². The molecule has 1 heterocycles. The molecule has 0 radical (unpaired) electrons. The van der Waals surface area contributed by atoms with Gasteiger partial charge in [0, 0.05) is 19.6 Å². The van der Waals surface area contributed by atoms with Crippen molar-refractivity contribution in [1.29, 1.82) is 0 Å². The molecular weight excluding hydrogens is 310 g/mol. The Hall–Kier alpha value is -2.08. The van der Waals surface area contributed by atoms with Crippen molar-refractivity contribution in [2.45, 2.75) is 26.8 Å². The van der Waals surface area contributed by atoms with E-state index in [1.54, 1.807) is 0 Å². The molecule has 0 bridgehead atoms. The van der Waals surface area contributed by atoms with Crippen LogP contribution in [0.5, 0.6) is 5.75 Å². The summed E-state index contributed by atoms with van der Waals surface area (Å²) >= 11 is 0. The number of carboxylic acids is 2. The quantitative estimate of drug-likeness (QED) is 0.794. The number of aliphatic carboxylic acids is 2. The van der Waals surface area contributed by atoms with Gasteiger partial charge in [0.25, 0.3) is 0 Å². The Morgan fingerprint density at radius 3 is 2.38 bits per heavy atom.